The fraction of sp³-hybridized carbons (Fsp3) is 0.115. The van der Waals surface area contributed by atoms with Gasteiger partial charge in [-0.05, 0) is 54.4 Å². The predicted octanol–water partition coefficient (Wildman–Crippen LogP) is 4.35. The molecule has 0 aliphatic heterocycles. The number of nitrogens with one attached hydrogen (secondary N) is 1. The number of amides is 1. The van der Waals surface area contributed by atoms with Crippen molar-refractivity contribution in [3.8, 4) is 17.6 Å². The van der Waals surface area contributed by atoms with E-state index in [0.29, 0.717) is 6.54 Å². The number of benzene rings is 3. The van der Waals surface area contributed by atoms with Gasteiger partial charge in [-0.25, -0.2) is 5.43 Å². The van der Waals surface area contributed by atoms with E-state index in [0.717, 1.165) is 27.8 Å². The van der Waals surface area contributed by atoms with Crippen molar-refractivity contribution in [2.45, 2.75) is 13.5 Å². The first-order valence-electron chi connectivity index (χ1n) is 10.3. The van der Waals surface area contributed by atoms with Gasteiger partial charge in [-0.1, -0.05) is 24.3 Å². The van der Waals surface area contributed by atoms with Crippen LogP contribution in [0.4, 0.5) is 0 Å². The van der Waals surface area contributed by atoms with Gasteiger partial charge in [0.1, 0.15) is 17.6 Å². The molecule has 0 saturated heterocycles. The number of methoxy groups -OCH3 is 1. The number of hydrogen-bond acceptors (Lipinski definition) is 5. The number of rotatable bonds is 6. The van der Waals surface area contributed by atoms with Crippen molar-refractivity contribution >= 4 is 23.0 Å². The van der Waals surface area contributed by atoms with Gasteiger partial charge >= 0.3 is 0 Å². The first-order chi connectivity index (χ1) is 16.0. The van der Waals surface area contributed by atoms with Gasteiger partial charge in [0.05, 0.1) is 18.9 Å². The fourth-order valence-corrected chi connectivity index (χ4v) is 3.73. The van der Waals surface area contributed by atoms with Crippen molar-refractivity contribution in [3.05, 3.63) is 94.7 Å². The molecule has 0 atom stereocenters. The first-order valence-corrected chi connectivity index (χ1v) is 10.3. The molecule has 4 aromatic rings. The second kappa shape index (κ2) is 9.28. The van der Waals surface area contributed by atoms with Crippen LogP contribution in [0.5, 0.6) is 11.5 Å². The number of aromatic hydroxyl groups is 1. The molecule has 0 aliphatic carbocycles. The minimum Gasteiger partial charge on any atom is -0.507 e. The first kappa shape index (κ1) is 21.7. The molecule has 3 aromatic carbocycles. The van der Waals surface area contributed by atoms with E-state index in [9.17, 15) is 9.90 Å². The van der Waals surface area contributed by atoms with E-state index >= 15 is 0 Å². The van der Waals surface area contributed by atoms with Crippen LogP contribution in [0.1, 0.15) is 32.6 Å². The van der Waals surface area contributed by atoms with Gasteiger partial charge in [0.15, 0.2) is 0 Å². The van der Waals surface area contributed by atoms with Crippen LogP contribution in [0.25, 0.3) is 10.9 Å². The maximum atomic E-state index is 12.3. The quantitative estimate of drug-likeness (QED) is 0.345. The highest BCUT2D eigenvalue weighted by molar-refractivity contribution is 6.00. The van der Waals surface area contributed by atoms with Gasteiger partial charge in [-0.2, -0.15) is 10.4 Å². The molecule has 0 saturated carbocycles. The topological polar surface area (TPSA) is 99.6 Å². The van der Waals surface area contributed by atoms with E-state index in [1.807, 2.05) is 49.5 Å². The van der Waals surface area contributed by atoms with E-state index in [4.69, 9.17) is 10.00 Å². The molecule has 0 unspecified atom stereocenters. The van der Waals surface area contributed by atoms with Crippen molar-refractivity contribution in [1.82, 2.24) is 9.99 Å². The van der Waals surface area contributed by atoms with Gasteiger partial charge in [-0.15, -0.1) is 0 Å². The molecule has 0 aliphatic rings. The lowest BCUT2D eigenvalue weighted by atomic mass is 10.1. The van der Waals surface area contributed by atoms with E-state index in [1.54, 1.807) is 13.3 Å². The second-order valence-corrected chi connectivity index (χ2v) is 7.57. The number of aromatic nitrogens is 1. The summed E-state index contributed by atoms with van der Waals surface area (Å²) in [6, 6.07) is 20.0. The molecule has 164 valence electrons. The zero-order valence-electron chi connectivity index (χ0n) is 18.2. The number of phenolic OH excluding ortho intramolecular Hbond substituents is 1. The lowest BCUT2D eigenvalue weighted by Gasteiger charge is -2.10. The van der Waals surface area contributed by atoms with Gasteiger partial charge in [0.2, 0.25) is 0 Å². The normalized spacial score (nSPS) is 10.9. The molecule has 2 N–H and O–H groups in total. The third kappa shape index (κ3) is 4.55. The Bertz CT molecular complexity index is 1410. The minimum atomic E-state index is -0.470. The van der Waals surface area contributed by atoms with Gasteiger partial charge in [-0.3, -0.25) is 4.79 Å². The SMILES string of the molecule is COc1ccc(Cn2ccc3c(C=NNC(=O)c4ccc(O)c(C#N)c4)cccc32)cc1C. The van der Waals surface area contributed by atoms with Crippen molar-refractivity contribution in [1.29, 1.82) is 5.26 Å². The number of phenols is 1. The molecule has 1 amide bonds. The van der Waals surface area contributed by atoms with Crippen LogP contribution in [0.3, 0.4) is 0 Å². The van der Waals surface area contributed by atoms with Crippen LogP contribution in [0.2, 0.25) is 0 Å². The summed E-state index contributed by atoms with van der Waals surface area (Å²) < 4.78 is 7.50. The number of nitrogens with zero attached hydrogens (tertiary/aromatic N) is 3. The molecule has 7 heteroatoms. The second-order valence-electron chi connectivity index (χ2n) is 7.57. The van der Waals surface area contributed by atoms with Crippen LogP contribution in [-0.2, 0) is 6.54 Å². The molecular formula is C26H22N4O3. The van der Waals surface area contributed by atoms with E-state index in [-0.39, 0.29) is 16.9 Å². The summed E-state index contributed by atoms with van der Waals surface area (Å²) in [5.74, 6) is 0.230. The van der Waals surface area contributed by atoms with Crippen molar-refractivity contribution in [2.24, 2.45) is 5.10 Å². The highest BCUT2D eigenvalue weighted by Gasteiger charge is 2.09. The average Bonchev–Trinajstić information content (AvgIpc) is 3.23. The monoisotopic (exact) mass is 438 g/mol. The molecule has 33 heavy (non-hydrogen) atoms. The maximum Gasteiger partial charge on any atom is 0.271 e. The Balaban J connectivity index is 1.52. The number of carbonyl (C=O) groups excluding carboxylic acids is 1. The van der Waals surface area contributed by atoms with E-state index in [1.165, 1.54) is 23.8 Å². The lowest BCUT2D eigenvalue weighted by molar-refractivity contribution is 0.0955. The largest absolute Gasteiger partial charge is 0.507 e. The van der Waals surface area contributed by atoms with Crippen LogP contribution in [-0.4, -0.2) is 28.9 Å². The summed E-state index contributed by atoms with van der Waals surface area (Å²) in [4.78, 5) is 12.3. The number of fused-ring (bicyclic) bond motifs is 1. The van der Waals surface area contributed by atoms with Crippen LogP contribution >= 0.6 is 0 Å². The van der Waals surface area contributed by atoms with E-state index in [2.05, 4.69) is 27.2 Å². The summed E-state index contributed by atoms with van der Waals surface area (Å²) in [5.41, 5.74) is 6.91. The molecule has 1 heterocycles. The summed E-state index contributed by atoms with van der Waals surface area (Å²) in [6.45, 7) is 2.74. The predicted molar refractivity (Wildman–Crippen MR) is 127 cm³/mol. The molecule has 0 spiro atoms. The molecule has 7 nitrogen and oxygen atoms in total. The van der Waals surface area contributed by atoms with Crippen molar-refractivity contribution in [3.63, 3.8) is 0 Å². The highest BCUT2D eigenvalue weighted by Crippen LogP contribution is 2.23. The highest BCUT2D eigenvalue weighted by atomic mass is 16.5. The third-order valence-electron chi connectivity index (χ3n) is 5.41. The molecule has 1 aromatic heterocycles. The maximum absolute atomic E-state index is 12.3. The number of ether oxygens (including phenoxy) is 1. The smallest absolute Gasteiger partial charge is 0.271 e. The molecular weight excluding hydrogens is 416 g/mol. The Morgan fingerprint density at radius 2 is 2.06 bits per heavy atom. The van der Waals surface area contributed by atoms with Crippen LogP contribution in [0.15, 0.2) is 72.0 Å². The Morgan fingerprint density at radius 3 is 2.82 bits per heavy atom. The van der Waals surface area contributed by atoms with E-state index < -0.39 is 5.91 Å². The number of hydrogen-bond donors (Lipinski definition) is 2. The van der Waals surface area contributed by atoms with Gasteiger partial charge < -0.3 is 14.4 Å². The summed E-state index contributed by atoms with van der Waals surface area (Å²) >= 11 is 0. The molecule has 4 rings (SSSR count). The number of nitriles is 1. The Kier molecular flexibility index (Phi) is 6.09. The number of hydrazone groups is 1. The summed E-state index contributed by atoms with van der Waals surface area (Å²) in [6.07, 6.45) is 3.62. The van der Waals surface area contributed by atoms with Crippen LogP contribution in [0, 0.1) is 18.3 Å². The Morgan fingerprint density at radius 1 is 1.21 bits per heavy atom. The standard InChI is InChI=1S/C26H22N4O3/c1-17-12-18(6-9-25(17)33-2)16-30-11-10-22-20(4-3-5-23(22)30)15-28-29-26(32)19-7-8-24(31)21(13-19)14-27/h3-13,15,31H,16H2,1-2H3,(H,29,32). The summed E-state index contributed by atoms with van der Waals surface area (Å²) in [5, 5.41) is 23.7. The fourth-order valence-electron chi connectivity index (χ4n) is 3.73. The lowest BCUT2D eigenvalue weighted by Crippen LogP contribution is -2.17. The Labute approximate surface area is 191 Å². The molecule has 0 fully saturated rings. The Hall–Kier alpha value is -4.57. The zero-order valence-corrected chi connectivity index (χ0v) is 18.2. The minimum absolute atomic E-state index is 0.0322. The zero-order chi connectivity index (χ0) is 23.4. The van der Waals surface area contributed by atoms with Crippen LogP contribution < -0.4 is 10.2 Å². The average molecular weight is 438 g/mol. The van der Waals surface area contributed by atoms with Gasteiger partial charge in [0.25, 0.3) is 5.91 Å². The van der Waals surface area contributed by atoms with Gasteiger partial charge in [0, 0.05) is 34.8 Å². The third-order valence-corrected chi connectivity index (χ3v) is 5.41. The number of aryl methyl sites for hydroxylation is 1. The summed E-state index contributed by atoms with van der Waals surface area (Å²) in [7, 11) is 1.67. The molecule has 0 bridgehead atoms. The number of carbonyl (C=O) groups is 1. The van der Waals surface area contributed by atoms with Crippen molar-refractivity contribution in [2.75, 3.05) is 7.11 Å². The van der Waals surface area contributed by atoms with Crippen molar-refractivity contribution < 1.29 is 14.6 Å². The molecule has 0 radical (unpaired) electrons.